The number of anilines is 1. The number of carbonyl (C=O) groups excluding carboxylic acids is 1. The fraction of sp³-hybridized carbons (Fsp3) is 0.111. The second-order valence-electron chi connectivity index (χ2n) is 11.0. The van der Waals surface area contributed by atoms with Crippen LogP contribution >= 0.6 is 0 Å². The molecule has 0 aromatic heterocycles. The number of hydrogen-bond donors (Lipinski definition) is 1. The van der Waals surface area contributed by atoms with Crippen molar-refractivity contribution >= 4 is 60.6 Å². The molecule has 0 radical (unpaired) electrons. The van der Waals surface area contributed by atoms with E-state index in [4.69, 9.17) is 0 Å². The van der Waals surface area contributed by atoms with Crippen LogP contribution in [0, 0.1) is 0 Å². The molecule has 0 spiro atoms. The van der Waals surface area contributed by atoms with Gasteiger partial charge in [-0.2, -0.15) is 0 Å². The van der Waals surface area contributed by atoms with Gasteiger partial charge in [0.05, 0.1) is 16.7 Å². The Morgan fingerprint density at radius 3 is 1.80 bits per heavy atom. The summed E-state index contributed by atoms with van der Waals surface area (Å²) in [5, 5.41) is 18.0. The second kappa shape index (κ2) is 8.78. The number of aliphatic hydroxyl groups excluding tert-OH is 1. The summed E-state index contributed by atoms with van der Waals surface area (Å²) >= 11 is 0. The van der Waals surface area contributed by atoms with Gasteiger partial charge in [-0.15, -0.1) is 0 Å². The van der Waals surface area contributed by atoms with Crippen LogP contribution in [0.3, 0.4) is 0 Å². The minimum absolute atomic E-state index is 0.0594. The number of benzene rings is 5. The predicted molar refractivity (Wildman–Crippen MR) is 167 cm³/mol. The zero-order valence-corrected chi connectivity index (χ0v) is 23.0. The monoisotopic (exact) mass is 521 g/mol. The number of hydrogen-bond acceptors (Lipinski definition) is 3. The van der Waals surface area contributed by atoms with Crippen LogP contribution in [0.5, 0.6) is 0 Å². The fourth-order valence-corrected chi connectivity index (χ4v) is 6.15. The van der Waals surface area contributed by atoms with Gasteiger partial charge in [-0.25, -0.2) is 4.58 Å². The van der Waals surface area contributed by atoms with Crippen molar-refractivity contribution in [1.82, 2.24) is 0 Å². The molecule has 40 heavy (non-hydrogen) atoms. The van der Waals surface area contributed by atoms with Gasteiger partial charge in [0.1, 0.15) is 19.9 Å². The first-order valence-corrected chi connectivity index (χ1v) is 13.4. The molecule has 0 aliphatic heterocycles. The van der Waals surface area contributed by atoms with E-state index in [1.807, 2.05) is 76.7 Å². The van der Waals surface area contributed by atoms with Crippen molar-refractivity contribution in [1.29, 1.82) is 0 Å². The van der Waals surface area contributed by atoms with Gasteiger partial charge in [0, 0.05) is 31.2 Å². The van der Waals surface area contributed by atoms with Gasteiger partial charge < -0.3 is 10.0 Å². The van der Waals surface area contributed by atoms with E-state index in [1.54, 1.807) is 0 Å². The molecule has 194 valence electrons. The Hall–Kier alpha value is -4.96. The molecule has 0 atom stereocenters. The summed E-state index contributed by atoms with van der Waals surface area (Å²) in [4.78, 5) is 16.0. The van der Waals surface area contributed by atoms with Gasteiger partial charge in [-0.1, -0.05) is 54.6 Å². The quantitative estimate of drug-likeness (QED) is 0.152. The van der Waals surface area contributed by atoms with Crippen LogP contribution in [-0.4, -0.2) is 49.4 Å². The van der Waals surface area contributed by atoms with Gasteiger partial charge in [-0.05, 0) is 80.0 Å². The highest BCUT2D eigenvalue weighted by Gasteiger charge is 2.39. The van der Waals surface area contributed by atoms with Gasteiger partial charge in [0.15, 0.2) is 0 Å². The van der Waals surface area contributed by atoms with E-state index < -0.39 is 0 Å². The van der Waals surface area contributed by atoms with E-state index in [2.05, 4.69) is 58.0 Å². The maximum atomic E-state index is 13.9. The van der Waals surface area contributed by atoms with E-state index in [9.17, 15) is 9.90 Å². The Labute approximate surface area is 233 Å². The number of rotatable bonds is 2. The highest BCUT2D eigenvalue weighted by Crippen LogP contribution is 2.46. The van der Waals surface area contributed by atoms with E-state index in [1.165, 1.54) is 0 Å². The molecule has 2 aliphatic rings. The zero-order chi connectivity index (χ0) is 27.7. The number of aliphatic hydroxyl groups is 1. The van der Waals surface area contributed by atoms with Crippen molar-refractivity contribution in [2.24, 2.45) is 0 Å². The smallest absolute Gasteiger partial charge is 0.207 e. The minimum Gasteiger partial charge on any atom is -0.506 e. The molecular weight excluding hydrogens is 492 g/mol. The van der Waals surface area contributed by atoms with Crippen molar-refractivity contribution in [2.75, 3.05) is 33.1 Å². The molecule has 0 saturated heterocycles. The normalized spacial score (nSPS) is 16.6. The first kappa shape index (κ1) is 24.1. The van der Waals surface area contributed by atoms with Crippen LogP contribution in [0.25, 0.3) is 43.5 Å². The van der Waals surface area contributed by atoms with E-state index in [0.717, 1.165) is 66.0 Å². The van der Waals surface area contributed by atoms with Crippen LogP contribution in [0.15, 0.2) is 108 Å². The van der Waals surface area contributed by atoms with Crippen molar-refractivity contribution in [3.63, 3.8) is 0 Å². The van der Waals surface area contributed by atoms with Gasteiger partial charge >= 0.3 is 0 Å². The fourth-order valence-electron chi connectivity index (χ4n) is 6.15. The van der Waals surface area contributed by atoms with Crippen molar-refractivity contribution in [2.45, 2.75) is 0 Å². The first-order chi connectivity index (χ1) is 19.3. The van der Waals surface area contributed by atoms with Gasteiger partial charge in [0.25, 0.3) is 0 Å². The molecule has 0 unspecified atom stereocenters. The third-order valence-electron chi connectivity index (χ3n) is 8.15. The Morgan fingerprint density at radius 1 is 0.650 bits per heavy atom. The number of Topliss-reactive ketones (excluding diaryl/α,β-unsaturated/α-hetero) is 1. The molecule has 1 N–H and O–H groups in total. The topological polar surface area (TPSA) is 43.5 Å². The molecule has 2 aliphatic carbocycles. The number of fused-ring (bicyclic) bond motifs is 4. The zero-order valence-electron chi connectivity index (χ0n) is 23.0. The summed E-state index contributed by atoms with van der Waals surface area (Å²) in [6.07, 6.45) is 4.00. The lowest BCUT2D eigenvalue weighted by Gasteiger charge is -2.27. The second-order valence-corrected chi connectivity index (χ2v) is 11.0. The summed E-state index contributed by atoms with van der Waals surface area (Å²) in [5.41, 5.74) is 6.43. The number of allylic oxidation sites excluding steroid dienone is 5. The molecule has 0 bridgehead atoms. The minimum atomic E-state index is -0.128. The van der Waals surface area contributed by atoms with Gasteiger partial charge in [-0.3, -0.25) is 4.79 Å². The Morgan fingerprint density at radius 2 is 1.23 bits per heavy atom. The van der Waals surface area contributed by atoms with Crippen molar-refractivity contribution < 1.29 is 14.5 Å². The van der Waals surface area contributed by atoms with E-state index >= 15 is 0 Å². The summed E-state index contributed by atoms with van der Waals surface area (Å²) in [6, 6.07) is 29.1. The summed E-state index contributed by atoms with van der Waals surface area (Å²) < 4.78 is 2.08. The third kappa shape index (κ3) is 3.46. The van der Waals surface area contributed by atoms with Crippen molar-refractivity contribution in [3.05, 3.63) is 125 Å². The maximum absolute atomic E-state index is 13.9. The largest absolute Gasteiger partial charge is 0.506 e. The van der Waals surface area contributed by atoms with E-state index in [-0.39, 0.29) is 11.5 Å². The Bertz CT molecular complexity index is 2070. The maximum Gasteiger partial charge on any atom is 0.207 e. The summed E-state index contributed by atoms with van der Waals surface area (Å²) in [7, 11) is 8.08. The van der Waals surface area contributed by atoms with E-state index in [0.29, 0.717) is 11.1 Å². The SMILES string of the molecule is CN(C)c1ccc(C2=C(O)C(=C3C=CC(=[N+](C)C)c4cc5ccccc5cc43)C2=O)c2cc3ccccc3cc12. The molecule has 0 heterocycles. The number of ketones is 1. The lowest BCUT2D eigenvalue weighted by molar-refractivity contribution is -0.463. The molecule has 7 rings (SSSR count). The first-order valence-electron chi connectivity index (χ1n) is 13.4. The molecule has 0 amide bonds. The van der Waals surface area contributed by atoms with Crippen LogP contribution < -0.4 is 4.90 Å². The molecule has 0 fully saturated rings. The van der Waals surface area contributed by atoms with Crippen LogP contribution in [0.4, 0.5) is 5.69 Å². The lowest BCUT2D eigenvalue weighted by Crippen LogP contribution is -2.25. The number of carbonyl (C=O) groups is 1. The Balaban J connectivity index is 1.48. The molecule has 4 nitrogen and oxygen atoms in total. The standard InChI is InChI=1S/C36H28N2O2/c1-37(2)31-15-13-25(27-17-21-9-5-7-11-23(21)19-29(27)31)33-35(39)34(36(33)40)26-14-16-32(38(3)4)30-20-24-12-8-6-10-22(24)18-28(26)30/h5-20H,1-4H3/p+1. The summed E-state index contributed by atoms with van der Waals surface area (Å²) in [5.74, 6) is -0.0688. The highest BCUT2D eigenvalue weighted by atomic mass is 16.3. The predicted octanol–water partition coefficient (Wildman–Crippen LogP) is 7.15. The lowest BCUT2D eigenvalue weighted by atomic mass is 9.75. The highest BCUT2D eigenvalue weighted by molar-refractivity contribution is 6.43. The third-order valence-corrected chi connectivity index (χ3v) is 8.15. The van der Waals surface area contributed by atoms with Crippen LogP contribution in [0.2, 0.25) is 0 Å². The van der Waals surface area contributed by atoms with Crippen LogP contribution in [0.1, 0.15) is 16.7 Å². The average molecular weight is 522 g/mol. The van der Waals surface area contributed by atoms with Crippen molar-refractivity contribution in [3.8, 4) is 0 Å². The molecule has 5 aromatic carbocycles. The molecule has 0 saturated carbocycles. The Kier molecular flexibility index (Phi) is 5.29. The molecular formula is C36H29N2O2+. The molecule has 4 heteroatoms. The summed E-state index contributed by atoms with van der Waals surface area (Å²) in [6.45, 7) is 0. The molecule has 5 aromatic rings. The average Bonchev–Trinajstić information content (AvgIpc) is 2.95. The number of nitrogens with zero attached hydrogens (tertiary/aromatic N) is 2. The van der Waals surface area contributed by atoms with Gasteiger partial charge in [0.2, 0.25) is 11.5 Å². The van der Waals surface area contributed by atoms with Crippen LogP contribution in [-0.2, 0) is 4.79 Å².